The van der Waals surface area contributed by atoms with Crippen molar-refractivity contribution in [2.24, 2.45) is 5.73 Å². The molecule has 102 valence electrons. The van der Waals surface area contributed by atoms with Crippen molar-refractivity contribution >= 4 is 27.3 Å². The third-order valence-corrected chi connectivity index (χ3v) is 5.33. The van der Waals surface area contributed by atoms with Crippen LogP contribution in [0.1, 0.15) is 23.8 Å². The molecule has 1 aromatic rings. The van der Waals surface area contributed by atoms with Gasteiger partial charge in [0, 0.05) is 33.9 Å². The van der Waals surface area contributed by atoms with Gasteiger partial charge in [0.2, 0.25) is 0 Å². The lowest BCUT2D eigenvalue weighted by molar-refractivity contribution is 0.158. The van der Waals surface area contributed by atoms with Crippen LogP contribution in [-0.2, 0) is 0 Å². The second-order valence-corrected chi connectivity index (χ2v) is 7.07. The number of hydrogen-bond donors (Lipinski definition) is 1. The van der Waals surface area contributed by atoms with Gasteiger partial charge < -0.3 is 10.6 Å². The summed E-state index contributed by atoms with van der Waals surface area (Å²) < 4.78 is 1.17. The number of hydrogen-bond acceptors (Lipinski definition) is 4. The van der Waals surface area contributed by atoms with E-state index in [4.69, 9.17) is 5.73 Å². The third-order valence-electron chi connectivity index (χ3n) is 3.54. The van der Waals surface area contributed by atoms with Crippen molar-refractivity contribution in [2.45, 2.75) is 24.9 Å². The topological polar surface area (TPSA) is 32.5 Å². The standard InChI is InChI=1S/C13H22BrN3S/c1-16(2)8-11-4-3-5-17(11)12(7-15)13-6-10(14)9-18-13/h6,9,11-12H,3-5,7-8,15H2,1-2H3. The first-order chi connectivity index (χ1) is 8.61. The van der Waals surface area contributed by atoms with Crippen molar-refractivity contribution in [2.75, 3.05) is 33.7 Å². The molecule has 1 fully saturated rings. The fraction of sp³-hybridized carbons (Fsp3) is 0.692. The molecule has 0 saturated carbocycles. The van der Waals surface area contributed by atoms with Gasteiger partial charge in [-0.15, -0.1) is 11.3 Å². The predicted molar refractivity (Wildman–Crippen MR) is 82.1 cm³/mol. The first-order valence-electron chi connectivity index (χ1n) is 6.46. The quantitative estimate of drug-likeness (QED) is 0.899. The summed E-state index contributed by atoms with van der Waals surface area (Å²) in [6.07, 6.45) is 2.59. The zero-order valence-corrected chi connectivity index (χ0v) is 13.5. The van der Waals surface area contributed by atoms with Crippen molar-refractivity contribution < 1.29 is 0 Å². The monoisotopic (exact) mass is 331 g/mol. The van der Waals surface area contributed by atoms with Crippen LogP contribution in [0.2, 0.25) is 0 Å². The van der Waals surface area contributed by atoms with Crippen molar-refractivity contribution in [3.63, 3.8) is 0 Å². The van der Waals surface area contributed by atoms with E-state index in [-0.39, 0.29) is 0 Å². The number of thiophene rings is 1. The minimum Gasteiger partial charge on any atom is -0.329 e. The largest absolute Gasteiger partial charge is 0.329 e. The highest BCUT2D eigenvalue weighted by atomic mass is 79.9. The van der Waals surface area contributed by atoms with E-state index in [9.17, 15) is 0 Å². The summed E-state index contributed by atoms with van der Waals surface area (Å²) in [5.41, 5.74) is 6.02. The molecule has 0 aromatic carbocycles. The summed E-state index contributed by atoms with van der Waals surface area (Å²) in [6.45, 7) is 3.01. The number of rotatable bonds is 5. The summed E-state index contributed by atoms with van der Waals surface area (Å²) in [7, 11) is 4.30. The lowest BCUT2D eigenvalue weighted by Gasteiger charge is -2.33. The third kappa shape index (κ3) is 3.33. The Bertz CT molecular complexity index is 380. The molecule has 1 aliphatic rings. The molecule has 2 rings (SSSR count). The van der Waals surface area contributed by atoms with Crippen LogP contribution in [0.15, 0.2) is 15.9 Å². The van der Waals surface area contributed by atoms with Gasteiger partial charge in [0.05, 0.1) is 6.04 Å². The van der Waals surface area contributed by atoms with Crippen LogP contribution in [0.5, 0.6) is 0 Å². The number of likely N-dealkylation sites (tertiary alicyclic amines) is 1. The molecule has 2 atom stereocenters. The average Bonchev–Trinajstić information content (AvgIpc) is 2.90. The molecule has 0 aliphatic carbocycles. The van der Waals surface area contributed by atoms with Crippen molar-refractivity contribution in [1.29, 1.82) is 0 Å². The first kappa shape index (κ1) is 14.5. The molecular formula is C13H22BrN3S. The molecule has 2 N–H and O–H groups in total. The van der Waals surface area contributed by atoms with E-state index in [2.05, 4.69) is 51.3 Å². The van der Waals surface area contributed by atoms with Crippen LogP contribution in [0.4, 0.5) is 0 Å². The van der Waals surface area contributed by atoms with Gasteiger partial charge in [0.1, 0.15) is 0 Å². The van der Waals surface area contributed by atoms with Gasteiger partial charge in [-0.2, -0.15) is 0 Å². The number of halogens is 1. The summed E-state index contributed by atoms with van der Waals surface area (Å²) >= 11 is 5.34. The molecule has 0 spiro atoms. The Morgan fingerprint density at radius 2 is 2.39 bits per heavy atom. The number of nitrogens with two attached hydrogens (primary N) is 1. The fourth-order valence-electron chi connectivity index (χ4n) is 2.80. The van der Waals surface area contributed by atoms with Gasteiger partial charge in [-0.3, -0.25) is 4.90 Å². The highest BCUT2D eigenvalue weighted by Gasteiger charge is 2.31. The Balaban J connectivity index is 2.11. The number of nitrogens with zero attached hydrogens (tertiary/aromatic N) is 2. The Morgan fingerprint density at radius 3 is 2.94 bits per heavy atom. The van der Waals surface area contributed by atoms with Crippen LogP contribution >= 0.6 is 27.3 Å². The normalized spacial score (nSPS) is 22.8. The number of likely N-dealkylation sites (N-methyl/N-ethyl adjacent to an activating group) is 1. The fourth-order valence-corrected chi connectivity index (χ4v) is 4.38. The Labute approximate surface area is 122 Å². The Morgan fingerprint density at radius 1 is 1.61 bits per heavy atom. The maximum absolute atomic E-state index is 6.02. The molecule has 1 saturated heterocycles. The highest BCUT2D eigenvalue weighted by molar-refractivity contribution is 9.10. The van der Waals surface area contributed by atoms with Crippen molar-refractivity contribution in [1.82, 2.24) is 9.80 Å². The molecule has 0 radical (unpaired) electrons. The van der Waals surface area contributed by atoms with Crippen LogP contribution in [0.25, 0.3) is 0 Å². The lowest BCUT2D eigenvalue weighted by Crippen LogP contribution is -2.42. The van der Waals surface area contributed by atoms with Crippen LogP contribution < -0.4 is 5.73 Å². The van der Waals surface area contributed by atoms with Gasteiger partial charge >= 0.3 is 0 Å². The van der Waals surface area contributed by atoms with E-state index in [0.717, 1.165) is 6.54 Å². The summed E-state index contributed by atoms with van der Waals surface area (Å²) in [4.78, 5) is 6.26. The van der Waals surface area contributed by atoms with Gasteiger partial charge in [0.25, 0.3) is 0 Å². The Hall–Kier alpha value is 0.0600. The van der Waals surface area contributed by atoms with Crippen molar-refractivity contribution in [3.05, 3.63) is 20.8 Å². The second-order valence-electron chi connectivity index (χ2n) is 5.21. The zero-order chi connectivity index (χ0) is 13.1. The smallest absolute Gasteiger partial charge is 0.0567 e. The molecule has 1 aliphatic heterocycles. The predicted octanol–water partition coefficient (Wildman–Crippen LogP) is 2.54. The molecule has 2 unspecified atom stereocenters. The summed E-state index contributed by atoms with van der Waals surface area (Å²) in [6, 6.07) is 3.25. The van der Waals surface area contributed by atoms with E-state index < -0.39 is 0 Å². The molecule has 0 bridgehead atoms. The molecule has 0 amide bonds. The van der Waals surface area contributed by atoms with Crippen LogP contribution in [-0.4, -0.2) is 49.6 Å². The molecule has 2 heterocycles. The minimum absolute atomic E-state index is 0.383. The van der Waals surface area contributed by atoms with Gasteiger partial charge in [-0.25, -0.2) is 0 Å². The van der Waals surface area contributed by atoms with Gasteiger partial charge in [-0.05, 0) is 55.5 Å². The SMILES string of the molecule is CN(C)CC1CCCN1C(CN)c1cc(Br)cs1. The van der Waals surface area contributed by atoms with E-state index in [1.165, 1.54) is 28.7 Å². The summed E-state index contributed by atoms with van der Waals surface area (Å²) in [5, 5.41) is 2.15. The Kier molecular flexibility index (Phi) is 5.21. The van der Waals surface area contributed by atoms with E-state index in [1.807, 2.05) is 11.3 Å². The maximum atomic E-state index is 6.02. The minimum atomic E-state index is 0.383. The second kappa shape index (κ2) is 6.48. The van der Waals surface area contributed by atoms with Crippen LogP contribution in [0, 0.1) is 0 Å². The van der Waals surface area contributed by atoms with Crippen LogP contribution in [0.3, 0.4) is 0 Å². The van der Waals surface area contributed by atoms with E-state index >= 15 is 0 Å². The van der Waals surface area contributed by atoms with E-state index in [0.29, 0.717) is 18.6 Å². The molecule has 1 aromatic heterocycles. The molecule has 18 heavy (non-hydrogen) atoms. The molecule has 5 heteroatoms. The molecule has 3 nitrogen and oxygen atoms in total. The average molecular weight is 332 g/mol. The first-order valence-corrected chi connectivity index (χ1v) is 8.13. The summed E-state index contributed by atoms with van der Waals surface area (Å²) in [5.74, 6) is 0. The lowest BCUT2D eigenvalue weighted by atomic mass is 10.1. The van der Waals surface area contributed by atoms with Gasteiger partial charge in [0.15, 0.2) is 0 Å². The highest BCUT2D eigenvalue weighted by Crippen LogP contribution is 2.33. The van der Waals surface area contributed by atoms with Crippen molar-refractivity contribution in [3.8, 4) is 0 Å². The molecular weight excluding hydrogens is 310 g/mol. The maximum Gasteiger partial charge on any atom is 0.0567 e. The van der Waals surface area contributed by atoms with E-state index in [1.54, 1.807) is 0 Å². The zero-order valence-electron chi connectivity index (χ0n) is 11.1. The van der Waals surface area contributed by atoms with Gasteiger partial charge in [-0.1, -0.05) is 0 Å².